The molecule has 2 aromatic rings. The van der Waals surface area contributed by atoms with Gasteiger partial charge in [0.25, 0.3) is 0 Å². The van der Waals surface area contributed by atoms with E-state index in [0.29, 0.717) is 6.54 Å². The molecular weight excluding hydrogens is 213 g/mol. The molecule has 0 unspecified atom stereocenters. The molecule has 0 radical (unpaired) electrons. The zero-order chi connectivity index (χ0) is 12.1. The Balaban J connectivity index is 2.47. The highest BCUT2D eigenvalue weighted by Gasteiger charge is 2.04. The van der Waals surface area contributed by atoms with Gasteiger partial charge in [0.05, 0.1) is 0 Å². The third-order valence-electron chi connectivity index (χ3n) is 2.54. The van der Waals surface area contributed by atoms with E-state index in [1.165, 1.54) is 12.1 Å². The second-order valence-corrected chi connectivity index (χ2v) is 3.73. The molecule has 1 nitrogen and oxygen atoms in total. The Kier molecular flexibility index (Phi) is 3.68. The maximum absolute atomic E-state index is 13.2. The van der Waals surface area contributed by atoms with Crippen molar-refractivity contribution in [3.05, 3.63) is 77.6 Å². The van der Waals surface area contributed by atoms with Gasteiger partial charge in [-0.05, 0) is 28.8 Å². The first-order chi connectivity index (χ1) is 8.31. The minimum atomic E-state index is -0.235. The summed E-state index contributed by atoms with van der Waals surface area (Å²) < 4.78 is 13.2. The van der Waals surface area contributed by atoms with Gasteiger partial charge in [-0.1, -0.05) is 48.5 Å². The summed E-state index contributed by atoms with van der Waals surface area (Å²) in [7, 11) is 0. The van der Waals surface area contributed by atoms with Crippen LogP contribution in [0.1, 0.15) is 11.1 Å². The zero-order valence-corrected chi connectivity index (χ0v) is 9.44. The van der Waals surface area contributed by atoms with Crippen molar-refractivity contribution in [2.24, 2.45) is 5.73 Å². The molecule has 2 rings (SSSR count). The molecule has 0 aliphatic carbocycles. The maximum atomic E-state index is 13.2. The number of halogens is 1. The van der Waals surface area contributed by atoms with E-state index in [0.717, 1.165) is 16.7 Å². The van der Waals surface area contributed by atoms with E-state index in [2.05, 4.69) is 0 Å². The van der Waals surface area contributed by atoms with Gasteiger partial charge in [0.1, 0.15) is 5.82 Å². The molecule has 2 N–H and O–H groups in total. The minimum absolute atomic E-state index is 0.235. The largest absolute Gasteiger partial charge is 0.327 e. The van der Waals surface area contributed by atoms with Gasteiger partial charge in [-0.15, -0.1) is 0 Å². The van der Waals surface area contributed by atoms with E-state index >= 15 is 0 Å². The van der Waals surface area contributed by atoms with Crippen LogP contribution in [0.3, 0.4) is 0 Å². The molecule has 0 bridgehead atoms. The van der Waals surface area contributed by atoms with Crippen molar-refractivity contribution in [2.45, 2.75) is 0 Å². The van der Waals surface area contributed by atoms with Crippen LogP contribution in [0.25, 0.3) is 5.57 Å². The smallest absolute Gasteiger partial charge is 0.123 e. The fraction of sp³-hybridized carbons (Fsp3) is 0.0667. The Morgan fingerprint density at radius 3 is 2.35 bits per heavy atom. The predicted octanol–water partition coefficient (Wildman–Crippen LogP) is 3.22. The molecule has 0 atom stereocenters. The van der Waals surface area contributed by atoms with Crippen molar-refractivity contribution in [3.63, 3.8) is 0 Å². The van der Waals surface area contributed by atoms with Gasteiger partial charge in [0, 0.05) is 6.54 Å². The lowest BCUT2D eigenvalue weighted by molar-refractivity contribution is 0.627. The minimum Gasteiger partial charge on any atom is -0.327 e. The van der Waals surface area contributed by atoms with Gasteiger partial charge in [0.15, 0.2) is 0 Å². The maximum Gasteiger partial charge on any atom is 0.123 e. The Morgan fingerprint density at radius 2 is 1.71 bits per heavy atom. The van der Waals surface area contributed by atoms with Crippen LogP contribution in [-0.4, -0.2) is 6.54 Å². The van der Waals surface area contributed by atoms with Crippen LogP contribution < -0.4 is 5.73 Å². The average molecular weight is 227 g/mol. The molecule has 0 spiro atoms. The van der Waals surface area contributed by atoms with Gasteiger partial charge in [-0.2, -0.15) is 0 Å². The second kappa shape index (κ2) is 5.41. The fourth-order valence-corrected chi connectivity index (χ4v) is 1.79. The fourth-order valence-electron chi connectivity index (χ4n) is 1.79. The van der Waals surface area contributed by atoms with Gasteiger partial charge >= 0.3 is 0 Å². The Bertz CT molecular complexity index is 517. The van der Waals surface area contributed by atoms with E-state index in [9.17, 15) is 4.39 Å². The summed E-state index contributed by atoms with van der Waals surface area (Å²) in [4.78, 5) is 0. The summed E-state index contributed by atoms with van der Waals surface area (Å²) in [6.45, 7) is 0.431. The SMILES string of the molecule is NCC=C(c1ccccc1)c1cccc(F)c1. The molecule has 0 aliphatic heterocycles. The Labute approximate surface area is 100 Å². The first-order valence-corrected chi connectivity index (χ1v) is 5.53. The first kappa shape index (κ1) is 11.6. The van der Waals surface area contributed by atoms with Crippen LogP contribution in [0.15, 0.2) is 60.7 Å². The van der Waals surface area contributed by atoms with Crippen LogP contribution in [0.5, 0.6) is 0 Å². The van der Waals surface area contributed by atoms with Gasteiger partial charge in [0.2, 0.25) is 0 Å². The number of benzene rings is 2. The lowest BCUT2D eigenvalue weighted by Gasteiger charge is -2.08. The topological polar surface area (TPSA) is 26.0 Å². The molecule has 17 heavy (non-hydrogen) atoms. The van der Waals surface area contributed by atoms with E-state index < -0.39 is 0 Å². The number of nitrogens with two attached hydrogens (primary N) is 1. The van der Waals surface area contributed by atoms with Crippen LogP contribution in [0, 0.1) is 5.82 Å². The average Bonchev–Trinajstić information content (AvgIpc) is 2.37. The monoisotopic (exact) mass is 227 g/mol. The molecule has 0 saturated carbocycles. The van der Waals surface area contributed by atoms with Gasteiger partial charge in [-0.3, -0.25) is 0 Å². The quantitative estimate of drug-likeness (QED) is 0.856. The summed E-state index contributed by atoms with van der Waals surface area (Å²) in [5.74, 6) is -0.235. The van der Waals surface area contributed by atoms with Crippen molar-refractivity contribution < 1.29 is 4.39 Å². The predicted molar refractivity (Wildman–Crippen MR) is 69.0 cm³/mol. The normalized spacial score (nSPS) is 11.5. The zero-order valence-electron chi connectivity index (χ0n) is 9.44. The number of hydrogen-bond acceptors (Lipinski definition) is 1. The van der Waals surface area contributed by atoms with Gasteiger partial charge < -0.3 is 5.73 Å². The summed E-state index contributed by atoms with van der Waals surface area (Å²) in [5.41, 5.74) is 8.43. The molecule has 2 heteroatoms. The molecule has 0 amide bonds. The molecular formula is C15H14FN. The molecule has 2 aromatic carbocycles. The third kappa shape index (κ3) is 2.80. The Hall–Kier alpha value is -1.93. The highest BCUT2D eigenvalue weighted by atomic mass is 19.1. The van der Waals surface area contributed by atoms with Crippen molar-refractivity contribution in [1.29, 1.82) is 0 Å². The van der Waals surface area contributed by atoms with Crippen LogP contribution in [0.4, 0.5) is 4.39 Å². The second-order valence-electron chi connectivity index (χ2n) is 3.73. The van der Waals surface area contributed by atoms with Crippen molar-refractivity contribution in [2.75, 3.05) is 6.54 Å². The highest BCUT2D eigenvalue weighted by Crippen LogP contribution is 2.23. The van der Waals surface area contributed by atoms with Crippen molar-refractivity contribution >= 4 is 5.57 Å². The van der Waals surface area contributed by atoms with Crippen LogP contribution >= 0.6 is 0 Å². The first-order valence-electron chi connectivity index (χ1n) is 5.53. The van der Waals surface area contributed by atoms with Crippen molar-refractivity contribution in [1.82, 2.24) is 0 Å². The van der Waals surface area contributed by atoms with Crippen molar-refractivity contribution in [3.8, 4) is 0 Å². The van der Waals surface area contributed by atoms with Crippen LogP contribution in [-0.2, 0) is 0 Å². The molecule has 0 saturated heterocycles. The summed E-state index contributed by atoms with van der Waals surface area (Å²) in [6, 6.07) is 16.4. The third-order valence-corrected chi connectivity index (χ3v) is 2.54. The Morgan fingerprint density at radius 1 is 1.00 bits per heavy atom. The molecule has 86 valence electrons. The standard InChI is InChI=1S/C15H14FN/c16-14-8-4-7-13(11-14)15(9-10-17)12-5-2-1-3-6-12/h1-9,11H,10,17H2. The summed E-state index contributed by atoms with van der Waals surface area (Å²) in [5, 5.41) is 0. The van der Waals surface area contributed by atoms with E-state index in [1.54, 1.807) is 6.07 Å². The highest BCUT2D eigenvalue weighted by molar-refractivity contribution is 5.79. The van der Waals surface area contributed by atoms with E-state index in [1.807, 2.05) is 42.5 Å². The summed E-state index contributed by atoms with van der Waals surface area (Å²) >= 11 is 0. The van der Waals surface area contributed by atoms with Gasteiger partial charge in [-0.25, -0.2) is 4.39 Å². The molecule has 0 heterocycles. The molecule has 0 fully saturated rings. The number of hydrogen-bond donors (Lipinski definition) is 1. The molecule has 0 aromatic heterocycles. The van der Waals surface area contributed by atoms with E-state index in [4.69, 9.17) is 5.73 Å². The lowest BCUT2D eigenvalue weighted by Crippen LogP contribution is -1.97. The number of rotatable bonds is 3. The lowest BCUT2D eigenvalue weighted by atomic mass is 9.97. The molecule has 0 aliphatic rings. The van der Waals surface area contributed by atoms with Crippen LogP contribution in [0.2, 0.25) is 0 Å². The van der Waals surface area contributed by atoms with E-state index in [-0.39, 0.29) is 5.82 Å². The summed E-state index contributed by atoms with van der Waals surface area (Å²) in [6.07, 6.45) is 1.91.